The third-order valence-electron chi connectivity index (χ3n) is 6.27. The van der Waals surface area contributed by atoms with E-state index in [0.29, 0.717) is 5.56 Å². The Hall–Kier alpha value is -3.81. The number of primary amides is 1. The van der Waals surface area contributed by atoms with Gasteiger partial charge in [-0.1, -0.05) is 37.5 Å². The van der Waals surface area contributed by atoms with E-state index in [4.69, 9.17) is 10.5 Å². The number of hydrogen-bond donors (Lipinski definition) is 4. The molecular formula is C27H39N5O6. The number of carbonyl (C=O) groups excluding carboxylic acids is 4. The summed E-state index contributed by atoms with van der Waals surface area (Å²) in [5, 5.41) is 25.9. The molecule has 1 aromatic rings. The number of amides is 4. The van der Waals surface area contributed by atoms with Crippen molar-refractivity contribution >= 4 is 23.8 Å². The van der Waals surface area contributed by atoms with Crippen LogP contribution in [0, 0.1) is 18.3 Å². The minimum Gasteiger partial charge on any atom is -0.507 e. The van der Waals surface area contributed by atoms with Crippen molar-refractivity contribution in [1.82, 2.24) is 15.5 Å². The van der Waals surface area contributed by atoms with Gasteiger partial charge in [0.15, 0.2) is 0 Å². The Balaban J connectivity index is 2.49. The maximum atomic E-state index is 13.8. The minimum absolute atomic E-state index is 0.102. The number of aromatic hydroxyl groups is 1. The summed E-state index contributed by atoms with van der Waals surface area (Å²) >= 11 is 0. The molecule has 2 atom stereocenters. The Morgan fingerprint density at radius 1 is 1.21 bits per heavy atom. The molecule has 4 amide bonds. The van der Waals surface area contributed by atoms with E-state index >= 15 is 0 Å². The Morgan fingerprint density at radius 2 is 1.87 bits per heavy atom. The minimum atomic E-state index is -1.36. The predicted molar refractivity (Wildman–Crippen MR) is 140 cm³/mol. The van der Waals surface area contributed by atoms with Gasteiger partial charge < -0.3 is 31.1 Å². The molecule has 0 radical (unpaired) electrons. The van der Waals surface area contributed by atoms with Crippen molar-refractivity contribution in [3.05, 3.63) is 29.3 Å². The molecule has 0 spiro atoms. The number of nitriles is 1. The lowest BCUT2D eigenvalue weighted by Gasteiger charge is -2.34. The number of ether oxygens (including phenoxy) is 1. The maximum absolute atomic E-state index is 13.8. The zero-order chi connectivity index (χ0) is 28.5. The molecule has 2 unspecified atom stereocenters. The summed E-state index contributed by atoms with van der Waals surface area (Å²) in [5.74, 6) is -2.21. The predicted octanol–water partition coefficient (Wildman–Crippen LogP) is 2.70. The van der Waals surface area contributed by atoms with Gasteiger partial charge in [0.25, 0.3) is 0 Å². The molecule has 2 rings (SSSR count). The number of para-hydroxylation sites is 1. The molecule has 1 saturated carbocycles. The number of phenols is 1. The van der Waals surface area contributed by atoms with Crippen molar-refractivity contribution in [2.45, 2.75) is 96.4 Å². The van der Waals surface area contributed by atoms with Gasteiger partial charge in [0.05, 0.1) is 6.07 Å². The maximum Gasteiger partial charge on any atom is 0.408 e. The summed E-state index contributed by atoms with van der Waals surface area (Å²) in [6.45, 7) is 6.10. The number of nitrogens with zero attached hydrogens (tertiary/aromatic N) is 2. The van der Waals surface area contributed by atoms with Gasteiger partial charge in [-0.3, -0.25) is 14.4 Å². The molecule has 11 heteroatoms. The van der Waals surface area contributed by atoms with E-state index in [1.807, 2.05) is 6.07 Å². The fourth-order valence-electron chi connectivity index (χ4n) is 4.45. The first-order valence-corrected chi connectivity index (χ1v) is 12.9. The molecule has 0 aromatic heterocycles. The summed E-state index contributed by atoms with van der Waals surface area (Å²) in [7, 11) is 0. The van der Waals surface area contributed by atoms with Crippen molar-refractivity contribution in [3.63, 3.8) is 0 Å². The molecule has 1 aromatic carbocycles. The molecule has 11 nitrogen and oxygen atoms in total. The molecule has 0 heterocycles. The zero-order valence-electron chi connectivity index (χ0n) is 22.6. The Bertz CT molecular complexity index is 1060. The lowest BCUT2D eigenvalue weighted by Crippen LogP contribution is -2.54. The summed E-state index contributed by atoms with van der Waals surface area (Å²) < 4.78 is 5.27. The molecule has 5 N–H and O–H groups in total. The number of hydrogen-bond acceptors (Lipinski definition) is 7. The Morgan fingerprint density at radius 3 is 2.45 bits per heavy atom. The van der Waals surface area contributed by atoms with Crippen LogP contribution in [-0.2, 0) is 19.1 Å². The number of nitrogens with two attached hydrogens (primary N) is 1. The highest BCUT2D eigenvalue weighted by Gasteiger charge is 2.38. The van der Waals surface area contributed by atoms with Crippen LogP contribution in [0.3, 0.4) is 0 Å². The molecule has 0 bridgehead atoms. The Kier molecular flexibility index (Phi) is 10.9. The Labute approximate surface area is 223 Å². The van der Waals surface area contributed by atoms with Gasteiger partial charge in [0, 0.05) is 18.0 Å². The van der Waals surface area contributed by atoms with Crippen LogP contribution in [0.5, 0.6) is 5.75 Å². The number of aryl methyl sites for hydroxylation is 1. The first-order chi connectivity index (χ1) is 17.8. The normalized spacial score (nSPS) is 15.4. The van der Waals surface area contributed by atoms with E-state index in [0.717, 1.165) is 37.0 Å². The lowest BCUT2D eigenvalue weighted by atomic mass is 9.94. The topological polar surface area (TPSA) is 175 Å². The lowest BCUT2D eigenvalue weighted by molar-refractivity contribution is -0.142. The van der Waals surface area contributed by atoms with Crippen LogP contribution in [0.25, 0.3) is 0 Å². The van der Waals surface area contributed by atoms with E-state index in [2.05, 4.69) is 10.6 Å². The first-order valence-electron chi connectivity index (χ1n) is 12.9. The molecular weight excluding hydrogens is 490 g/mol. The zero-order valence-corrected chi connectivity index (χ0v) is 22.6. The largest absolute Gasteiger partial charge is 0.507 e. The van der Waals surface area contributed by atoms with Crippen molar-refractivity contribution in [2.75, 3.05) is 6.54 Å². The number of nitrogens with one attached hydrogen (secondary N) is 2. The molecule has 1 aliphatic rings. The van der Waals surface area contributed by atoms with Gasteiger partial charge >= 0.3 is 6.09 Å². The van der Waals surface area contributed by atoms with Gasteiger partial charge in [-0.15, -0.1) is 0 Å². The third-order valence-corrected chi connectivity index (χ3v) is 6.27. The van der Waals surface area contributed by atoms with E-state index in [9.17, 15) is 29.5 Å². The van der Waals surface area contributed by atoms with Crippen LogP contribution < -0.4 is 16.4 Å². The fraction of sp³-hybridized carbons (Fsp3) is 0.593. The highest BCUT2D eigenvalue weighted by molar-refractivity contribution is 5.93. The van der Waals surface area contributed by atoms with Crippen molar-refractivity contribution < 1.29 is 29.0 Å². The van der Waals surface area contributed by atoms with Gasteiger partial charge in [-0.05, 0) is 52.5 Å². The average molecular weight is 530 g/mol. The number of carbonyl (C=O) groups is 4. The van der Waals surface area contributed by atoms with Crippen molar-refractivity contribution in [3.8, 4) is 11.8 Å². The number of benzene rings is 1. The van der Waals surface area contributed by atoms with Gasteiger partial charge in [0.1, 0.15) is 30.0 Å². The second-order valence-corrected chi connectivity index (χ2v) is 10.6. The SMILES string of the molecule is Cc1cccc(C(C(=O)NC2CCCCC2)N(CC#N)C(=O)C(CCC(N)=O)NC(=O)OC(C)(C)C)c1O. The number of phenolic OH excluding ortho intramolecular Hbond substituents is 1. The smallest absolute Gasteiger partial charge is 0.408 e. The number of alkyl carbamates (subject to hydrolysis) is 1. The molecule has 0 saturated heterocycles. The molecule has 0 aliphatic heterocycles. The van der Waals surface area contributed by atoms with E-state index in [1.54, 1.807) is 39.8 Å². The summed E-state index contributed by atoms with van der Waals surface area (Å²) in [4.78, 5) is 52.6. The van der Waals surface area contributed by atoms with Gasteiger partial charge in [0.2, 0.25) is 17.7 Å². The van der Waals surface area contributed by atoms with Crippen LogP contribution in [0.15, 0.2) is 18.2 Å². The highest BCUT2D eigenvalue weighted by atomic mass is 16.6. The van der Waals surface area contributed by atoms with Gasteiger partial charge in [-0.2, -0.15) is 5.26 Å². The first kappa shape index (κ1) is 30.4. The summed E-state index contributed by atoms with van der Waals surface area (Å²) in [6, 6.07) is 3.95. The average Bonchev–Trinajstić information content (AvgIpc) is 2.83. The van der Waals surface area contributed by atoms with E-state index in [-0.39, 0.29) is 30.2 Å². The summed E-state index contributed by atoms with van der Waals surface area (Å²) in [5.41, 5.74) is 5.06. The summed E-state index contributed by atoms with van der Waals surface area (Å²) in [6.07, 6.45) is 3.25. The van der Waals surface area contributed by atoms with Crippen LogP contribution >= 0.6 is 0 Å². The standard InChI is InChI=1S/C27H39N5O6/c1-17-9-8-12-19(23(17)34)22(24(35)30-18-10-6-5-7-11-18)32(16-15-28)25(36)20(13-14-21(29)33)31-26(37)38-27(2,3)4/h8-9,12,18,20,22,34H,5-7,10-11,13-14,16H2,1-4H3,(H2,29,33)(H,30,35)(H,31,37). The van der Waals surface area contributed by atoms with Gasteiger partial charge in [-0.25, -0.2) is 4.79 Å². The molecule has 208 valence electrons. The monoisotopic (exact) mass is 529 g/mol. The van der Waals surface area contributed by atoms with E-state index < -0.39 is 48.0 Å². The molecule has 1 fully saturated rings. The molecule has 1 aliphatic carbocycles. The number of rotatable bonds is 10. The second-order valence-electron chi connectivity index (χ2n) is 10.6. The van der Waals surface area contributed by atoms with Crippen LogP contribution in [0.2, 0.25) is 0 Å². The highest BCUT2D eigenvalue weighted by Crippen LogP contribution is 2.33. The van der Waals surface area contributed by atoms with Crippen LogP contribution in [0.4, 0.5) is 4.79 Å². The second kappa shape index (κ2) is 13.7. The third kappa shape index (κ3) is 8.94. The molecule has 38 heavy (non-hydrogen) atoms. The van der Waals surface area contributed by atoms with Crippen molar-refractivity contribution in [2.24, 2.45) is 5.73 Å². The quantitative estimate of drug-likeness (QED) is 0.337. The van der Waals surface area contributed by atoms with Crippen molar-refractivity contribution in [1.29, 1.82) is 5.26 Å². The van der Waals surface area contributed by atoms with Crippen LogP contribution in [0.1, 0.15) is 82.9 Å². The van der Waals surface area contributed by atoms with Crippen LogP contribution in [-0.4, -0.2) is 58.1 Å². The van der Waals surface area contributed by atoms with E-state index in [1.165, 1.54) is 6.07 Å². The fourth-order valence-corrected chi connectivity index (χ4v) is 4.45.